The van der Waals surface area contributed by atoms with Gasteiger partial charge in [-0.25, -0.2) is 4.98 Å². The number of nitrogens with one attached hydrogen (secondary N) is 1. The highest BCUT2D eigenvalue weighted by Gasteiger charge is 2.33. The van der Waals surface area contributed by atoms with Crippen LogP contribution in [0.3, 0.4) is 0 Å². The Morgan fingerprint density at radius 1 is 1.41 bits per heavy atom. The maximum Gasteiger partial charge on any atom is 0.225 e. The van der Waals surface area contributed by atoms with Crippen LogP contribution in [0.1, 0.15) is 24.8 Å². The minimum absolute atomic E-state index is 0.0872. The SMILES string of the molecule is Cc1ccc(Cl)c2sc(N3CCC(C(=O)NC4CC4)C3)nc12. The molecule has 1 aromatic heterocycles. The van der Waals surface area contributed by atoms with Gasteiger partial charge in [0.2, 0.25) is 5.91 Å². The topological polar surface area (TPSA) is 45.2 Å². The van der Waals surface area contributed by atoms with Gasteiger partial charge < -0.3 is 10.2 Å². The van der Waals surface area contributed by atoms with Crippen molar-refractivity contribution in [3.63, 3.8) is 0 Å². The fraction of sp³-hybridized carbons (Fsp3) is 0.500. The number of halogens is 1. The third kappa shape index (κ3) is 2.57. The van der Waals surface area contributed by atoms with Gasteiger partial charge in [0.05, 0.1) is 21.2 Å². The average molecular weight is 336 g/mol. The number of aryl methyl sites for hydroxylation is 1. The lowest BCUT2D eigenvalue weighted by molar-refractivity contribution is -0.124. The van der Waals surface area contributed by atoms with E-state index in [9.17, 15) is 4.79 Å². The second kappa shape index (κ2) is 5.39. The molecular formula is C16H18ClN3OS. The van der Waals surface area contributed by atoms with E-state index in [0.717, 1.165) is 58.3 Å². The maximum absolute atomic E-state index is 12.2. The molecule has 4 rings (SSSR count). The molecule has 1 aromatic carbocycles. The highest BCUT2D eigenvalue weighted by Crippen LogP contribution is 2.37. The van der Waals surface area contributed by atoms with Crippen molar-refractivity contribution >= 4 is 44.2 Å². The van der Waals surface area contributed by atoms with E-state index in [-0.39, 0.29) is 11.8 Å². The summed E-state index contributed by atoms with van der Waals surface area (Å²) in [4.78, 5) is 19.1. The number of fused-ring (bicyclic) bond motifs is 1. The van der Waals surface area contributed by atoms with E-state index in [4.69, 9.17) is 16.6 Å². The van der Waals surface area contributed by atoms with Gasteiger partial charge in [0.15, 0.2) is 5.13 Å². The lowest BCUT2D eigenvalue weighted by atomic mass is 10.1. The Labute approximate surface area is 138 Å². The van der Waals surface area contributed by atoms with Gasteiger partial charge in [0.25, 0.3) is 0 Å². The first-order valence-electron chi connectivity index (χ1n) is 7.73. The highest BCUT2D eigenvalue weighted by atomic mass is 35.5. The molecule has 2 aliphatic rings. The van der Waals surface area contributed by atoms with E-state index >= 15 is 0 Å². The quantitative estimate of drug-likeness (QED) is 0.935. The van der Waals surface area contributed by atoms with Crippen LogP contribution in [-0.2, 0) is 4.79 Å². The van der Waals surface area contributed by atoms with Crippen molar-refractivity contribution in [2.75, 3.05) is 18.0 Å². The van der Waals surface area contributed by atoms with Crippen LogP contribution < -0.4 is 10.2 Å². The summed E-state index contributed by atoms with van der Waals surface area (Å²) in [7, 11) is 0. The van der Waals surface area contributed by atoms with E-state index in [1.165, 1.54) is 0 Å². The van der Waals surface area contributed by atoms with Crippen LogP contribution in [0.5, 0.6) is 0 Å². The van der Waals surface area contributed by atoms with Crippen LogP contribution in [-0.4, -0.2) is 30.0 Å². The Hall–Kier alpha value is -1.33. The average Bonchev–Trinajstić information content (AvgIpc) is 3.04. The molecule has 1 aliphatic heterocycles. The number of rotatable bonds is 3. The van der Waals surface area contributed by atoms with E-state index in [1.807, 2.05) is 12.1 Å². The molecule has 0 spiro atoms. The summed E-state index contributed by atoms with van der Waals surface area (Å²) in [6.45, 7) is 3.70. The van der Waals surface area contributed by atoms with Gasteiger partial charge in [0.1, 0.15) is 0 Å². The van der Waals surface area contributed by atoms with E-state index in [1.54, 1.807) is 11.3 Å². The zero-order valence-corrected chi connectivity index (χ0v) is 14.0. The van der Waals surface area contributed by atoms with E-state index in [0.29, 0.717) is 6.04 Å². The summed E-state index contributed by atoms with van der Waals surface area (Å²) in [6.07, 6.45) is 3.18. The predicted molar refractivity (Wildman–Crippen MR) is 90.9 cm³/mol. The molecule has 6 heteroatoms. The smallest absolute Gasteiger partial charge is 0.225 e. The standard InChI is InChI=1S/C16H18ClN3OS/c1-9-2-5-12(17)14-13(9)19-16(22-14)20-7-6-10(8-20)15(21)18-11-3-4-11/h2,5,10-11H,3-4,6-8H2,1H3,(H,18,21). The van der Waals surface area contributed by atoms with Gasteiger partial charge in [-0.3, -0.25) is 4.79 Å². The molecule has 2 heterocycles. The van der Waals surface area contributed by atoms with Crippen molar-refractivity contribution in [1.29, 1.82) is 0 Å². The first kappa shape index (κ1) is 14.3. The number of nitrogens with zero attached hydrogens (tertiary/aromatic N) is 2. The van der Waals surface area contributed by atoms with Gasteiger partial charge in [0, 0.05) is 19.1 Å². The molecule has 2 fully saturated rings. The Kier molecular flexibility index (Phi) is 3.50. The molecule has 0 bridgehead atoms. The highest BCUT2D eigenvalue weighted by molar-refractivity contribution is 7.22. The number of aromatic nitrogens is 1. The number of hydrogen-bond acceptors (Lipinski definition) is 4. The van der Waals surface area contributed by atoms with Crippen molar-refractivity contribution < 1.29 is 4.79 Å². The Morgan fingerprint density at radius 2 is 2.23 bits per heavy atom. The molecule has 1 N–H and O–H groups in total. The molecule has 0 radical (unpaired) electrons. The summed E-state index contributed by atoms with van der Waals surface area (Å²) in [5, 5.41) is 4.84. The lowest BCUT2D eigenvalue weighted by Gasteiger charge is -2.14. The number of carbonyl (C=O) groups is 1. The Bertz CT molecular complexity index is 701. The fourth-order valence-electron chi connectivity index (χ4n) is 2.92. The van der Waals surface area contributed by atoms with Crippen LogP contribution >= 0.6 is 22.9 Å². The van der Waals surface area contributed by atoms with Gasteiger partial charge in [-0.2, -0.15) is 0 Å². The molecule has 1 unspecified atom stereocenters. The van der Waals surface area contributed by atoms with Crippen LogP contribution in [0.4, 0.5) is 5.13 Å². The summed E-state index contributed by atoms with van der Waals surface area (Å²) in [6, 6.07) is 4.37. The van der Waals surface area contributed by atoms with Crippen molar-refractivity contribution in [2.24, 2.45) is 5.92 Å². The number of carbonyl (C=O) groups excluding carboxylic acids is 1. The molecule has 116 valence electrons. The third-order valence-electron chi connectivity index (χ3n) is 4.44. The third-order valence-corrected chi connectivity index (χ3v) is 6.02. The van der Waals surface area contributed by atoms with Crippen molar-refractivity contribution in [2.45, 2.75) is 32.2 Å². The van der Waals surface area contributed by atoms with E-state index in [2.05, 4.69) is 17.1 Å². The van der Waals surface area contributed by atoms with Crippen molar-refractivity contribution in [3.8, 4) is 0 Å². The minimum Gasteiger partial charge on any atom is -0.353 e. The van der Waals surface area contributed by atoms with Crippen LogP contribution in [0.2, 0.25) is 5.02 Å². The Morgan fingerprint density at radius 3 is 2.95 bits per heavy atom. The molecule has 2 aromatic rings. The van der Waals surface area contributed by atoms with Gasteiger partial charge in [-0.05, 0) is 37.8 Å². The normalized spacial score (nSPS) is 21.5. The second-order valence-electron chi connectivity index (χ2n) is 6.25. The monoisotopic (exact) mass is 335 g/mol. The fourth-order valence-corrected chi connectivity index (χ4v) is 4.27. The summed E-state index contributed by atoms with van der Waals surface area (Å²) in [5.74, 6) is 0.296. The van der Waals surface area contributed by atoms with Crippen molar-refractivity contribution in [1.82, 2.24) is 10.3 Å². The maximum atomic E-state index is 12.2. The van der Waals surface area contributed by atoms with Crippen LogP contribution in [0, 0.1) is 12.8 Å². The number of anilines is 1. The zero-order chi connectivity index (χ0) is 15.3. The second-order valence-corrected chi connectivity index (χ2v) is 7.64. The Balaban J connectivity index is 1.54. The summed E-state index contributed by atoms with van der Waals surface area (Å²) < 4.78 is 1.04. The number of benzene rings is 1. The molecule has 4 nitrogen and oxygen atoms in total. The zero-order valence-electron chi connectivity index (χ0n) is 12.4. The van der Waals surface area contributed by atoms with Crippen LogP contribution in [0.15, 0.2) is 12.1 Å². The number of amides is 1. The minimum atomic E-state index is 0.0872. The largest absolute Gasteiger partial charge is 0.353 e. The van der Waals surface area contributed by atoms with Gasteiger partial charge in [-0.15, -0.1) is 0 Å². The molecule has 22 heavy (non-hydrogen) atoms. The van der Waals surface area contributed by atoms with Gasteiger partial charge >= 0.3 is 0 Å². The first-order chi connectivity index (χ1) is 10.6. The van der Waals surface area contributed by atoms with Crippen LogP contribution in [0.25, 0.3) is 10.2 Å². The van der Waals surface area contributed by atoms with E-state index < -0.39 is 0 Å². The predicted octanol–water partition coefficient (Wildman–Crippen LogP) is 3.36. The summed E-state index contributed by atoms with van der Waals surface area (Å²) in [5.41, 5.74) is 2.13. The molecular weight excluding hydrogens is 318 g/mol. The molecule has 1 saturated carbocycles. The molecule has 1 atom stereocenters. The number of hydrogen-bond donors (Lipinski definition) is 1. The first-order valence-corrected chi connectivity index (χ1v) is 8.92. The lowest BCUT2D eigenvalue weighted by Crippen LogP contribution is -2.34. The molecule has 1 amide bonds. The molecule has 1 aliphatic carbocycles. The molecule has 1 saturated heterocycles. The number of thiazole rings is 1. The van der Waals surface area contributed by atoms with Crippen molar-refractivity contribution in [3.05, 3.63) is 22.7 Å². The van der Waals surface area contributed by atoms with Gasteiger partial charge in [-0.1, -0.05) is 29.0 Å². The summed E-state index contributed by atoms with van der Waals surface area (Å²) >= 11 is 7.91.